The van der Waals surface area contributed by atoms with Gasteiger partial charge >= 0.3 is 0 Å². The lowest BCUT2D eigenvalue weighted by Gasteiger charge is -2.10. The van der Waals surface area contributed by atoms with Gasteiger partial charge in [-0.15, -0.1) is 0 Å². The largest absolute Gasteiger partial charge is 0.396 e. The summed E-state index contributed by atoms with van der Waals surface area (Å²) in [6, 6.07) is 2.25. The minimum absolute atomic E-state index is 0.0746. The maximum atomic E-state index is 13.1. The zero-order valence-electron chi connectivity index (χ0n) is 8.25. The monoisotopic (exact) mass is 282 g/mol. The fourth-order valence-corrected chi connectivity index (χ4v) is 1.29. The third kappa shape index (κ3) is 4.63. The molecule has 1 atom stereocenters. The van der Waals surface area contributed by atoms with Crippen LogP contribution in [-0.4, -0.2) is 23.9 Å². The van der Waals surface area contributed by atoms with Crippen molar-refractivity contribution in [2.45, 2.75) is 12.5 Å². The maximum Gasteiger partial charge on any atom is 0.146 e. The predicted octanol–water partition coefficient (Wildman–Crippen LogP) is 1.95. The van der Waals surface area contributed by atoms with Crippen LogP contribution in [0.2, 0.25) is 0 Å². The molecule has 86 valence electrons. The summed E-state index contributed by atoms with van der Waals surface area (Å²) < 4.78 is 23.1. The number of aliphatic hydroxyl groups is 1. The summed E-state index contributed by atoms with van der Waals surface area (Å²) in [6.45, 7) is -0.0746. The van der Waals surface area contributed by atoms with E-state index in [-0.39, 0.29) is 12.3 Å². The number of nitrogens with zero attached hydrogens (tertiary/aromatic N) is 1. The van der Waals surface area contributed by atoms with Crippen LogP contribution in [0.4, 0.5) is 8.78 Å². The summed E-state index contributed by atoms with van der Waals surface area (Å²) in [5, 5.41) is 8.62. The molecule has 0 saturated carbocycles. The van der Waals surface area contributed by atoms with Gasteiger partial charge in [-0.25, -0.2) is 9.37 Å². The first-order valence-corrected chi connectivity index (χ1v) is 5.00. The van der Waals surface area contributed by atoms with E-state index in [4.69, 9.17) is 10.8 Å². The average molecular weight is 283 g/mol. The van der Waals surface area contributed by atoms with Crippen molar-refractivity contribution in [3.05, 3.63) is 28.2 Å². The van der Waals surface area contributed by atoms with E-state index >= 15 is 0 Å². The van der Waals surface area contributed by atoms with Crippen molar-refractivity contribution in [3.63, 3.8) is 0 Å². The standard InChI is InChI=1S/C8H10BrFN2O.CH3F/c9-7-2-1-5(10)8(12-7)6(11)3-4-13;1-2/h1-2,6,13H,3-4,11H2;1H3. The van der Waals surface area contributed by atoms with E-state index in [1.807, 2.05) is 0 Å². The van der Waals surface area contributed by atoms with Gasteiger partial charge in [-0.1, -0.05) is 0 Å². The number of alkyl halides is 1. The molecule has 3 nitrogen and oxygen atoms in total. The molecule has 0 saturated heterocycles. The predicted molar refractivity (Wildman–Crippen MR) is 57.6 cm³/mol. The first kappa shape index (κ1) is 14.4. The van der Waals surface area contributed by atoms with Gasteiger partial charge in [0.25, 0.3) is 0 Å². The fraction of sp³-hybridized carbons (Fsp3) is 0.444. The van der Waals surface area contributed by atoms with Crippen molar-refractivity contribution >= 4 is 15.9 Å². The molecule has 0 aliphatic heterocycles. The first-order chi connectivity index (χ1) is 7.15. The highest BCUT2D eigenvalue weighted by Crippen LogP contribution is 2.17. The minimum Gasteiger partial charge on any atom is -0.396 e. The third-order valence-corrected chi connectivity index (χ3v) is 2.07. The van der Waals surface area contributed by atoms with E-state index in [1.165, 1.54) is 12.1 Å². The van der Waals surface area contributed by atoms with Gasteiger partial charge in [0.1, 0.15) is 10.4 Å². The summed E-state index contributed by atoms with van der Waals surface area (Å²) in [5.74, 6) is -0.441. The average Bonchev–Trinajstić information content (AvgIpc) is 2.25. The molecular weight excluding hydrogens is 270 g/mol. The molecule has 0 bridgehead atoms. The Morgan fingerprint density at radius 2 is 2.13 bits per heavy atom. The molecule has 1 unspecified atom stereocenters. The van der Waals surface area contributed by atoms with Gasteiger partial charge in [0.05, 0.1) is 18.9 Å². The van der Waals surface area contributed by atoms with E-state index in [2.05, 4.69) is 20.9 Å². The summed E-state index contributed by atoms with van der Waals surface area (Å²) in [4.78, 5) is 3.90. The first-order valence-electron chi connectivity index (χ1n) is 4.21. The lowest BCUT2D eigenvalue weighted by atomic mass is 10.1. The van der Waals surface area contributed by atoms with Crippen LogP contribution in [0.5, 0.6) is 0 Å². The topological polar surface area (TPSA) is 59.1 Å². The van der Waals surface area contributed by atoms with Gasteiger partial charge in [-0.2, -0.15) is 0 Å². The third-order valence-electron chi connectivity index (χ3n) is 1.63. The second-order valence-electron chi connectivity index (χ2n) is 2.62. The number of halogens is 3. The highest BCUT2D eigenvalue weighted by Gasteiger charge is 2.12. The Hall–Kier alpha value is -0.590. The van der Waals surface area contributed by atoms with E-state index in [0.29, 0.717) is 18.2 Å². The molecule has 6 heteroatoms. The van der Waals surface area contributed by atoms with E-state index in [9.17, 15) is 8.78 Å². The Balaban J connectivity index is 0.000000921. The summed E-state index contributed by atoms with van der Waals surface area (Å²) >= 11 is 3.12. The number of nitrogens with two attached hydrogens (primary N) is 1. The zero-order chi connectivity index (χ0) is 11.8. The molecule has 0 spiro atoms. The Morgan fingerprint density at radius 3 is 2.67 bits per heavy atom. The summed E-state index contributed by atoms with van der Waals surface area (Å²) in [7, 11) is 0.500. The number of rotatable bonds is 3. The van der Waals surface area contributed by atoms with Gasteiger partial charge in [-0.05, 0) is 34.5 Å². The molecule has 0 fully saturated rings. The molecule has 15 heavy (non-hydrogen) atoms. The van der Waals surface area contributed by atoms with E-state index in [0.717, 1.165) is 0 Å². The van der Waals surface area contributed by atoms with Crippen LogP contribution in [0, 0.1) is 5.82 Å². The molecule has 3 N–H and O–H groups in total. The Bertz CT molecular complexity index is 299. The lowest BCUT2D eigenvalue weighted by molar-refractivity contribution is 0.274. The highest BCUT2D eigenvalue weighted by molar-refractivity contribution is 9.10. The second-order valence-corrected chi connectivity index (χ2v) is 3.43. The SMILES string of the molecule is CF.NC(CCO)c1nc(Br)ccc1F. The Morgan fingerprint density at radius 1 is 1.53 bits per heavy atom. The lowest BCUT2D eigenvalue weighted by Crippen LogP contribution is -2.15. The summed E-state index contributed by atoms with van der Waals surface area (Å²) in [6.07, 6.45) is 0.306. The minimum atomic E-state index is -0.553. The number of hydrogen-bond acceptors (Lipinski definition) is 3. The van der Waals surface area contributed by atoms with Crippen LogP contribution < -0.4 is 5.73 Å². The van der Waals surface area contributed by atoms with Crippen LogP contribution >= 0.6 is 15.9 Å². The molecule has 0 amide bonds. The van der Waals surface area contributed by atoms with Crippen LogP contribution in [0.1, 0.15) is 18.2 Å². The highest BCUT2D eigenvalue weighted by atomic mass is 79.9. The van der Waals surface area contributed by atoms with Gasteiger partial charge in [-0.3, -0.25) is 4.39 Å². The molecule has 1 heterocycles. The summed E-state index contributed by atoms with van der Waals surface area (Å²) in [5.41, 5.74) is 5.78. The van der Waals surface area contributed by atoms with Crippen LogP contribution in [-0.2, 0) is 0 Å². The van der Waals surface area contributed by atoms with Crippen molar-refractivity contribution < 1.29 is 13.9 Å². The van der Waals surface area contributed by atoms with Gasteiger partial charge in [0.15, 0.2) is 0 Å². The van der Waals surface area contributed by atoms with Crippen molar-refractivity contribution in [1.82, 2.24) is 4.98 Å². The quantitative estimate of drug-likeness (QED) is 0.834. The Kier molecular flexibility index (Phi) is 7.37. The van der Waals surface area contributed by atoms with Crippen LogP contribution in [0.15, 0.2) is 16.7 Å². The van der Waals surface area contributed by atoms with E-state index in [1.54, 1.807) is 0 Å². The fourth-order valence-electron chi connectivity index (χ4n) is 0.969. The van der Waals surface area contributed by atoms with Crippen LogP contribution in [0.3, 0.4) is 0 Å². The number of pyridine rings is 1. The number of hydrogen-bond donors (Lipinski definition) is 2. The van der Waals surface area contributed by atoms with Gasteiger partial charge < -0.3 is 10.8 Å². The van der Waals surface area contributed by atoms with Crippen LogP contribution in [0.25, 0.3) is 0 Å². The van der Waals surface area contributed by atoms with Crippen molar-refractivity contribution in [1.29, 1.82) is 0 Å². The molecule has 1 aromatic rings. The number of aliphatic hydroxyl groups excluding tert-OH is 1. The maximum absolute atomic E-state index is 13.1. The zero-order valence-corrected chi connectivity index (χ0v) is 9.84. The van der Waals surface area contributed by atoms with Gasteiger partial charge in [0, 0.05) is 6.61 Å². The molecule has 0 aliphatic rings. The molecular formula is C9H13BrF2N2O. The van der Waals surface area contributed by atoms with Crippen molar-refractivity contribution in [2.75, 3.05) is 13.8 Å². The molecule has 0 radical (unpaired) electrons. The molecule has 0 aromatic carbocycles. The van der Waals surface area contributed by atoms with Gasteiger partial charge in [0.2, 0.25) is 0 Å². The normalized spacial score (nSPS) is 11.6. The van der Waals surface area contributed by atoms with Crippen molar-refractivity contribution in [3.8, 4) is 0 Å². The molecule has 1 rings (SSSR count). The number of aromatic nitrogens is 1. The molecule has 1 aromatic heterocycles. The van der Waals surface area contributed by atoms with Crippen molar-refractivity contribution in [2.24, 2.45) is 5.73 Å². The van der Waals surface area contributed by atoms with E-state index < -0.39 is 11.9 Å². The molecule has 0 aliphatic carbocycles. The second kappa shape index (κ2) is 7.67. The smallest absolute Gasteiger partial charge is 0.146 e. The Labute approximate surface area is 95.4 Å².